The molecule has 0 radical (unpaired) electrons. The number of nitrogens with one attached hydrogen (secondary N) is 1. The summed E-state index contributed by atoms with van der Waals surface area (Å²) in [5.41, 5.74) is 0.400. The highest BCUT2D eigenvalue weighted by atomic mass is 32.2. The molecule has 4 nitrogen and oxygen atoms in total. The minimum Gasteiger partial charge on any atom is -0.298 e. The van der Waals surface area contributed by atoms with Gasteiger partial charge in [-0.3, -0.25) is 4.90 Å². The summed E-state index contributed by atoms with van der Waals surface area (Å²) in [6, 6.07) is 4.52. The second kappa shape index (κ2) is 5.07. The van der Waals surface area contributed by atoms with Crippen molar-refractivity contribution in [2.75, 3.05) is 14.1 Å². The Balaban J connectivity index is 3.09. The molecule has 2 atom stereocenters. The van der Waals surface area contributed by atoms with Crippen LogP contribution in [0.5, 0.6) is 0 Å². The molecule has 1 aromatic carbocycles. The van der Waals surface area contributed by atoms with Crippen molar-refractivity contribution >= 4 is 9.92 Å². The molecule has 7 heteroatoms. The summed E-state index contributed by atoms with van der Waals surface area (Å²) in [6.45, 7) is 0. The van der Waals surface area contributed by atoms with Crippen LogP contribution in [0.2, 0.25) is 0 Å². The van der Waals surface area contributed by atoms with Crippen molar-refractivity contribution in [3.8, 4) is 0 Å². The first kappa shape index (κ1) is 14.0. The van der Waals surface area contributed by atoms with E-state index < -0.39 is 22.4 Å². The molecule has 1 aromatic rings. The van der Waals surface area contributed by atoms with Gasteiger partial charge < -0.3 is 0 Å². The van der Waals surface area contributed by atoms with Crippen LogP contribution >= 0.6 is 0 Å². The summed E-state index contributed by atoms with van der Waals surface area (Å²) in [5, 5.41) is 5.14. The van der Waals surface area contributed by atoms with Gasteiger partial charge in [-0.25, -0.2) is 22.9 Å². The van der Waals surface area contributed by atoms with Crippen LogP contribution in [0.1, 0.15) is 11.6 Å². The largest absolute Gasteiger partial charge is 0.298 e. The Morgan fingerprint density at radius 1 is 1.29 bits per heavy atom. The van der Waals surface area contributed by atoms with E-state index in [1.165, 1.54) is 29.2 Å². The molecule has 0 aliphatic heterocycles. The molecule has 0 aromatic heterocycles. The lowest BCUT2D eigenvalue weighted by Gasteiger charge is -2.23. The molecule has 0 fully saturated rings. The zero-order valence-corrected chi connectivity index (χ0v) is 10.4. The fourth-order valence-corrected chi connectivity index (χ4v) is 2.08. The Hall–Kier alpha value is -1.05. The predicted octanol–water partition coefficient (Wildman–Crippen LogP) is 1.83. The van der Waals surface area contributed by atoms with E-state index in [0.717, 1.165) is 0 Å². The van der Waals surface area contributed by atoms with Gasteiger partial charge in [-0.15, -0.1) is 0 Å². The SMILES string of the molecule is CN(C)C(c1ccc(S(=N)(N)=O)cc1)C(F)F. The van der Waals surface area contributed by atoms with Gasteiger partial charge in [0.1, 0.15) is 9.92 Å². The third-order valence-electron chi connectivity index (χ3n) is 2.37. The zero-order chi connectivity index (χ0) is 13.2. The topological polar surface area (TPSA) is 70.2 Å². The van der Waals surface area contributed by atoms with E-state index in [2.05, 4.69) is 0 Å². The average Bonchev–Trinajstić information content (AvgIpc) is 2.15. The minimum atomic E-state index is -3.29. The van der Waals surface area contributed by atoms with Crippen LogP contribution in [0, 0.1) is 4.78 Å². The molecule has 0 heterocycles. The van der Waals surface area contributed by atoms with Crippen LogP contribution in [-0.2, 0) is 9.92 Å². The van der Waals surface area contributed by atoms with E-state index in [9.17, 15) is 13.0 Å². The van der Waals surface area contributed by atoms with Gasteiger partial charge in [-0.1, -0.05) is 12.1 Å². The Morgan fingerprint density at radius 2 is 1.76 bits per heavy atom. The van der Waals surface area contributed by atoms with Gasteiger partial charge in [0.15, 0.2) is 0 Å². The third-order valence-corrected chi connectivity index (χ3v) is 3.34. The fourth-order valence-electron chi connectivity index (χ4n) is 1.54. The van der Waals surface area contributed by atoms with E-state index >= 15 is 0 Å². The summed E-state index contributed by atoms with van der Waals surface area (Å²) >= 11 is 0. The standard InChI is InChI=1S/C10H15F2N3OS/c1-15(2)9(10(11)12)7-3-5-8(6-4-7)17(13,14)16/h3-6,9-10H,1-2H3,(H3,13,14,16). The third kappa shape index (κ3) is 3.45. The molecule has 96 valence electrons. The lowest BCUT2D eigenvalue weighted by Crippen LogP contribution is -2.26. The highest BCUT2D eigenvalue weighted by Gasteiger charge is 2.24. The minimum absolute atomic E-state index is 0.132. The molecule has 0 amide bonds. The van der Waals surface area contributed by atoms with Gasteiger partial charge in [-0.2, -0.15) is 0 Å². The van der Waals surface area contributed by atoms with Crippen molar-refractivity contribution in [3.05, 3.63) is 29.8 Å². The zero-order valence-electron chi connectivity index (χ0n) is 9.56. The summed E-state index contributed by atoms with van der Waals surface area (Å²) in [6.07, 6.45) is -2.52. The molecule has 0 aliphatic carbocycles. The Morgan fingerprint density at radius 3 is 2.06 bits per heavy atom. The maximum atomic E-state index is 12.8. The van der Waals surface area contributed by atoms with E-state index in [0.29, 0.717) is 5.56 Å². The Labute approximate surface area is 99.5 Å². The second-order valence-corrected chi connectivity index (χ2v) is 5.59. The maximum Gasteiger partial charge on any atom is 0.257 e. The summed E-state index contributed by atoms with van der Waals surface area (Å²) in [7, 11) is -0.173. The number of halogens is 2. The lowest BCUT2D eigenvalue weighted by atomic mass is 10.1. The van der Waals surface area contributed by atoms with Crippen molar-refractivity contribution in [2.45, 2.75) is 17.4 Å². The number of rotatable bonds is 4. The molecule has 17 heavy (non-hydrogen) atoms. The van der Waals surface area contributed by atoms with Crippen molar-refractivity contribution in [2.24, 2.45) is 5.14 Å². The number of benzene rings is 1. The van der Waals surface area contributed by atoms with E-state index in [1.54, 1.807) is 14.1 Å². The first-order chi connectivity index (χ1) is 7.73. The van der Waals surface area contributed by atoms with Crippen molar-refractivity contribution in [3.63, 3.8) is 0 Å². The lowest BCUT2D eigenvalue weighted by molar-refractivity contribution is 0.0488. The molecule has 0 saturated carbocycles. The van der Waals surface area contributed by atoms with Gasteiger partial charge in [0.2, 0.25) is 0 Å². The van der Waals surface area contributed by atoms with E-state index in [4.69, 9.17) is 9.92 Å². The van der Waals surface area contributed by atoms with Gasteiger partial charge in [0.05, 0.1) is 10.9 Å². The number of nitrogens with zero attached hydrogens (tertiary/aromatic N) is 1. The van der Waals surface area contributed by atoms with E-state index in [1.807, 2.05) is 0 Å². The van der Waals surface area contributed by atoms with Gasteiger partial charge in [0, 0.05) is 0 Å². The van der Waals surface area contributed by atoms with Crippen molar-refractivity contribution in [1.82, 2.24) is 4.90 Å². The Bertz CT molecular complexity index is 463. The fraction of sp³-hybridized carbons (Fsp3) is 0.400. The van der Waals surface area contributed by atoms with Crippen molar-refractivity contribution < 1.29 is 13.0 Å². The predicted molar refractivity (Wildman–Crippen MR) is 62.2 cm³/mol. The summed E-state index contributed by atoms with van der Waals surface area (Å²) in [5.74, 6) is 0. The molecule has 1 rings (SSSR count). The molecular formula is C10H15F2N3OS. The van der Waals surface area contributed by atoms with Gasteiger partial charge >= 0.3 is 0 Å². The number of hydrogen-bond donors (Lipinski definition) is 2. The molecule has 0 aliphatic rings. The molecule has 2 unspecified atom stereocenters. The first-order valence-electron chi connectivity index (χ1n) is 4.84. The number of alkyl halides is 2. The van der Waals surface area contributed by atoms with Gasteiger partial charge in [0.25, 0.3) is 6.43 Å². The van der Waals surface area contributed by atoms with Crippen LogP contribution in [0.25, 0.3) is 0 Å². The second-order valence-electron chi connectivity index (χ2n) is 3.91. The highest BCUT2D eigenvalue weighted by Crippen LogP contribution is 2.26. The first-order valence-corrected chi connectivity index (χ1v) is 6.46. The van der Waals surface area contributed by atoms with Gasteiger partial charge in [-0.05, 0) is 31.8 Å². The molecule has 0 bridgehead atoms. The highest BCUT2D eigenvalue weighted by molar-refractivity contribution is 7.90. The normalized spacial score (nSPS) is 17.1. The van der Waals surface area contributed by atoms with Crippen LogP contribution in [0.15, 0.2) is 29.2 Å². The maximum absolute atomic E-state index is 12.8. The number of nitrogens with two attached hydrogens (primary N) is 1. The molecule has 0 saturated heterocycles. The van der Waals surface area contributed by atoms with Crippen LogP contribution in [0.3, 0.4) is 0 Å². The quantitative estimate of drug-likeness (QED) is 0.870. The summed E-state index contributed by atoms with van der Waals surface area (Å²) < 4.78 is 44.0. The molecule has 3 N–H and O–H groups in total. The molecule has 0 spiro atoms. The number of hydrogen-bond acceptors (Lipinski definition) is 3. The molecular weight excluding hydrogens is 248 g/mol. The van der Waals surface area contributed by atoms with Crippen LogP contribution in [-0.4, -0.2) is 29.6 Å². The summed E-state index contributed by atoms with van der Waals surface area (Å²) in [4.78, 5) is 1.54. The Kier molecular flexibility index (Phi) is 4.18. The van der Waals surface area contributed by atoms with Crippen LogP contribution < -0.4 is 5.14 Å². The average molecular weight is 263 g/mol. The monoisotopic (exact) mass is 263 g/mol. The van der Waals surface area contributed by atoms with Crippen LogP contribution in [0.4, 0.5) is 8.78 Å². The smallest absolute Gasteiger partial charge is 0.257 e. The van der Waals surface area contributed by atoms with E-state index in [-0.39, 0.29) is 4.90 Å². The van der Waals surface area contributed by atoms with Crippen molar-refractivity contribution in [1.29, 1.82) is 4.78 Å².